The Kier molecular flexibility index (Phi) is 5.21. The van der Waals surface area contributed by atoms with Gasteiger partial charge < -0.3 is 9.15 Å². The van der Waals surface area contributed by atoms with Crippen LogP contribution in [0.4, 0.5) is 14.5 Å². The lowest BCUT2D eigenvalue weighted by atomic mass is 10.1. The van der Waals surface area contributed by atoms with Crippen molar-refractivity contribution in [1.29, 1.82) is 0 Å². The van der Waals surface area contributed by atoms with Crippen LogP contribution < -0.4 is 10.3 Å². The lowest BCUT2D eigenvalue weighted by molar-refractivity contribution is -0.384. The van der Waals surface area contributed by atoms with Crippen LogP contribution in [0.1, 0.15) is 0 Å². The molecule has 0 unspecified atom stereocenters. The van der Waals surface area contributed by atoms with Gasteiger partial charge in [0.05, 0.1) is 16.0 Å². The number of rotatable bonds is 5. The van der Waals surface area contributed by atoms with Crippen molar-refractivity contribution in [3.05, 3.63) is 92.2 Å². The average Bonchev–Trinajstić information content (AvgIpc) is 3.21. The van der Waals surface area contributed by atoms with Crippen molar-refractivity contribution >= 4 is 39.2 Å². The number of ether oxygens (including phenoxy) is 1. The summed E-state index contributed by atoms with van der Waals surface area (Å²) < 4.78 is 37.3. The topological polar surface area (TPSA) is 100 Å². The minimum atomic E-state index is -3.10. The minimum absolute atomic E-state index is 0.0475. The van der Waals surface area contributed by atoms with Crippen LogP contribution in [0.25, 0.3) is 38.9 Å². The molecule has 3 aromatic carbocycles. The number of alkyl halides is 2. The molecule has 0 N–H and O–H groups in total. The van der Waals surface area contributed by atoms with Crippen LogP contribution in [-0.4, -0.2) is 21.3 Å². The largest absolute Gasteiger partial charge is 0.446 e. The molecule has 5 aromatic rings. The molecule has 0 saturated heterocycles. The van der Waals surface area contributed by atoms with Gasteiger partial charge in [-0.2, -0.15) is 18.6 Å². The van der Waals surface area contributed by atoms with E-state index >= 15 is 0 Å². The molecule has 2 aromatic heterocycles. The Hall–Kier alpha value is -4.31. The van der Waals surface area contributed by atoms with Crippen molar-refractivity contribution in [2.24, 2.45) is 0 Å². The summed E-state index contributed by atoms with van der Waals surface area (Å²) in [5.74, 6) is -0.240. The van der Waals surface area contributed by atoms with Crippen LogP contribution in [0.3, 0.4) is 0 Å². The summed E-state index contributed by atoms with van der Waals surface area (Å²) >= 11 is 5.96. The van der Waals surface area contributed by atoms with Crippen LogP contribution in [0.2, 0.25) is 5.02 Å². The van der Waals surface area contributed by atoms with Gasteiger partial charge in [0, 0.05) is 28.1 Å². The number of benzene rings is 3. The molecule has 170 valence electrons. The van der Waals surface area contributed by atoms with Crippen LogP contribution >= 0.6 is 11.6 Å². The Balaban J connectivity index is 1.86. The lowest BCUT2D eigenvalue weighted by Crippen LogP contribution is -2.21. The van der Waals surface area contributed by atoms with Crippen LogP contribution in [-0.2, 0) is 0 Å². The number of furan rings is 1. The fraction of sp³-hybridized carbons (Fsp3) is 0.0435. The Morgan fingerprint density at radius 3 is 2.38 bits per heavy atom. The van der Waals surface area contributed by atoms with Crippen molar-refractivity contribution < 1.29 is 22.9 Å². The summed E-state index contributed by atoms with van der Waals surface area (Å²) in [6.07, 6.45) is 0. The van der Waals surface area contributed by atoms with Gasteiger partial charge in [-0.15, -0.1) is 0 Å². The number of fused-ring (bicyclic) bond motifs is 3. The standard InChI is InChI=1S/C23H12ClF2N3O5/c24-13-6-10-14(11-7-13)28-22(30)21-18(16-2-1-3-17(20(16)34-21)33-23(25)26)19(27-28)12-4-8-15(9-5-12)29(31)32/h1-11,23H. The molecule has 2 heterocycles. The van der Waals surface area contributed by atoms with Crippen molar-refractivity contribution in [3.8, 4) is 22.7 Å². The number of hydrogen-bond acceptors (Lipinski definition) is 6. The molecule has 0 bridgehead atoms. The van der Waals surface area contributed by atoms with E-state index < -0.39 is 17.1 Å². The summed E-state index contributed by atoms with van der Waals surface area (Å²) in [5, 5.41) is 16.6. The molecule has 0 radical (unpaired) electrons. The van der Waals surface area contributed by atoms with Gasteiger partial charge in [-0.05, 0) is 42.5 Å². The maximum Gasteiger partial charge on any atom is 0.387 e. The van der Waals surface area contributed by atoms with E-state index in [2.05, 4.69) is 9.84 Å². The van der Waals surface area contributed by atoms with Gasteiger partial charge >= 0.3 is 12.2 Å². The first-order valence-corrected chi connectivity index (χ1v) is 10.2. The molecule has 8 nitrogen and oxygen atoms in total. The maximum absolute atomic E-state index is 13.3. The molecule has 11 heteroatoms. The second-order valence-corrected chi connectivity index (χ2v) is 7.60. The summed E-state index contributed by atoms with van der Waals surface area (Å²) in [5.41, 5.74) is 0.128. The van der Waals surface area contributed by atoms with Gasteiger partial charge in [0.1, 0.15) is 5.69 Å². The molecular weight excluding hydrogens is 472 g/mol. The van der Waals surface area contributed by atoms with E-state index in [1.165, 1.54) is 36.4 Å². The van der Waals surface area contributed by atoms with Crippen LogP contribution in [0.5, 0.6) is 5.75 Å². The number of para-hydroxylation sites is 1. The van der Waals surface area contributed by atoms with E-state index in [9.17, 15) is 23.7 Å². The van der Waals surface area contributed by atoms with Gasteiger partial charge in [0.15, 0.2) is 11.3 Å². The Bertz CT molecular complexity index is 1610. The summed E-state index contributed by atoms with van der Waals surface area (Å²) in [6, 6.07) is 16.2. The number of halogens is 3. The van der Waals surface area contributed by atoms with Gasteiger partial charge in [-0.3, -0.25) is 14.9 Å². The number of aromatic nitrogens is 2. The Labute approximate surface area is 193 Å². The predicted molar refractivity (Wildman–Crippen MR) is 121 cm³/mol. The highest BCUT2D eigenvalue weighted by Crippen LogP contribution is 2.38. The number of nitrogens with zero attached hydrogens (tertiary/aromatic N) is 3. The molecule has 34 heavy (non-hydrogen) atoms. The second kappa shape index (κ2) is 8.23. The summed E-state index contributed by atoms with van der Waals surface area (Å²) in [7, 11) is 0. The fourth-order valence-electron chi connectivity index (χ4n) is 3.66. The molecule has 0 spiro atoms. The quantitative estimate of drug-likeness (QED) is 0.226. The maximum atomic E-state index is 13.3. The van der Waals surface area contributed by atoms with E-state index in [4.69, 9.17) is 16.0 Å². The third kappa shape index (κ3) is 3.63. The van der Waals surface area contributed by atoms with E-state index in [1.807, 2.05) is 0 Å². The first-order chi connectivity index (χ1) is 16.3. The van der Waals surface area contributed by atoms with E-state index in [0.717, 1.165) is 4.68 Å². The van der Waals surface area contributed by atoms with E-state index in [0.29, 0.717) is 21.7 Å². The Morgan fingerprint density at radius 2 is 1.74 bits per heavy atom. The number of non-ortho nitro benzene ring substituents is 1. The normalized spacial score (nSPS) is 11.4. The predicted octanol–water partition coefficient (Wildman–Crippen LogP) is 5.96. The molecule has 0 amide bonds. The van der Waals surface area contributed by atoms with Gasteiger partial charge in [-0.1, -0.05) is 23.7 Å². The van der Waals surface area contributed by atoms with Gasteiger partial charge in [0.2, 0.25) is 5.58 Å². The van der Waals surface area contributed by atoms with Crippen molar-refractivity contribution in [2.45, 2.75) is 6.61 Å². The molecule has 0 aliphatic heterocycles. The molecule has 0 aliphatic carbocycles. The van der Waals surface area contributed by atoms with E-state index in [1.54, 1.807) is 30.3 Å². The van der Waals surface area contributed by atoms with Gasteiger partial charge in [0.25, 0.3) is 5.69 Å². The number of hydrogen-bond donors (Lipinski definition) is 0. The zero-order valence-electron chi connectivity index (χ0n) is 16.9. The van der Waals surface area contributed by atoms with Crippen molar-refractivity contribution in [3.63, 3.8) is 0 Å². The highest BCUT2D eigenvalue weighted by Gasteiger charge is 2.23. The molecule has 0 aliphatic rings. The zero-order chi connectivity index (χ0) is 24.0. The minimum Gasteiger partial charge on any atom is -0.446 e. The third-order valence-electron chi connectivity index (χ3n) is 5.14. The average molecular weight is 484 g/mol. The van der Waals surface area contributed by atoms with Crippen LogP contribution in [0.15, 0.2) is 75.9 Å². The van der Waals surface area contributed by atoms with Crippen molar-refractivity contribution in [1.82, 2.24) is 9.78 Å². The van der Waals surface area contributed by atoms with Crippen LogP contribution in [0, 0.1) is 10.1 Å². The number of nitro groups is 1. The third-order valence-corrected chi connectivity index (χ3v) is 5.39. The SMILES string of the molecule is O=c1c2oc3c(OC(F)F)cccc3c2c(-c2ccc([N+](=O)[O-])cc2)nn1-c1ccc(Cl)cc1. The molecule has 0 saturated carbocycles. The highest BCUT2D eigenvalue weighted by atomic mass is 35.5. The Morgan fingerprint density at radius 1 is 1.03 bits per heavy atom. The zero-order valence-corrected chi connectivity index (χ0v) is 17.7. The van der Waals surface area contributed by atoms with Crippen molar-refractivity contribution in [2.75, 3.05) is 0 Å². The number of nitro benzene ring substituents is 1. The molecule has 5 rings (SSSR count). The van der Waals surface area contributed by atoms with E-state index in [-0.39, 0.29) is 33.7 Å². The molecule has 0 fully saturated rings. The monoisotopic (exact) mass is 483 g/mol. The molecular formula is C23H12ClF2N3O5. The second-order valence-electron chi connectivity index (χ2n) is 7.16. The summed E-state index contributed by atoms with van der Waals surface area (Å²) in [4.78, 5) is 23.9. The fourth-order valence-corrected chi connectivity index (χ4v) is 3.79. The first-order valence-electron chi connectivity index (χ1n) is 9.77. The smallest absolute Gasteiger partial charge is 0.387 e. The van der Waals surface area contributed by atoms with Gasteiger partial charge in [-0.25, -0.2) is 0 Å². The first kappa shape index (κ1) is 21.5. The summed E-state index contributed by atoms with van der Waals surface area (Å²) in [6.45, 7) is -3.10. The highest BCUT2D eigenvalue weighted by molar-refractivity contribution is 6.30. The molecule has 0 atom stereocenters. The lowest BCUT2D eigenvalue weighted by Gasteiger charge is -2.09.